The summed E-state index contributed by atoms with van der Waals surface area (Å²) in [5.74, 6) is -3.43. The van der Waals surface area contributed by atoms with Crippen molar-refractivity contribution < 1.29 is 26.3 Å². The summed E-state index contributed by atoms with van der Waals surface area (Å²) in [5.41, 5.74) is -0.645. The van der Waals surface area contributed by atoms with Crippen molar-refractivity contribution in [2.24, 2.45) is 0 Å². The first-order valence-corrected chi connectivity index (χ1v) is 5.82. The number of benzene rings is 2. The molecule has 0 aliphatic carbocycles. The fraction of sp³-hybridized carbons (Fsp3) is 0.143. The van der Waals surface area contributed by atoms with Gasteiger partial charge in [0.25, 0.3) is 0 Å². The molecule has 1 nitrogen and oxygen atoms in total. The van der Waals surface area contributed by atoms with Gasteiger partial charge in [-0.2, -0.15) is 13.2 Å². The molecule has 112 valence electrons. The number of rotatable bonds is 3. The highest BCUT2D eigenvalue weighted by Crippen LogP contribution is 2.29. The van der Waals surface area contributed by atoms with Gasteiger partial charge in [0.05, 0.1) is 5.56 Å². The van der Waals surface area contributed by atoms with E-state index in [-0.39, 0.29) is 12.1 Å². The molecule has 0 aromatic heterocycles. The van der Waals surface area contributed by atoms with E-state index in [9.17, 15) is 26.3 Å². The second-order valence-electron chi connectivity index (χ2n) is 4.29. The van der Waals surface area contributed by atoms with Gasteiger partial charge in [0.15, 0.2) is 11.6 Å². The Morgan fingerprint density at radius 2 is 1.38 bits per heavy atom. The molecule has 0 aliphatic heterocycles. The van der Waals surface area contributed by atoms with Gasteiger partial charge in [-0.25, -0.2) is 13.2 Å². The van der Waals surface area contributed by atoms with Crippen LogP contribution in [-0.2, 0) is 12.7 Å². The van der Waals surface area contributed by atoms with Gasteiger partial charge >= 0.3 is 6.18 Å². The highest BCUT2D eigenvalue weighted by molar-refractivity contribution is 5.45. The van der Waals surface area contributed by atoms with E-state index in [0.29, 0.717) is 17.8 Å². The van der Waals surface area contributed by atoms with Gasteiger partial charge in [0, 0.05) is 23.9 Å². The molecule has 0 unspecified atom stereocenters. The molecule has 2 rings (SSSR count). The van der Waals surface area contributed by atoms with E-state index < -0.39 is 29.2 Å². The van der Waals surface area contributed by atoms with E-state index in [4.69, 9.17) is 0 Å². The molecule has 0 bridgehead atoms. The highest BCUT2D eigenvalue weighted by Gasteiger charge is 2.29. The molecule has 7 heteroatoms. The Morgan fingerprint density at radius 1 is 0.810 bits per heavy atom. The second-order valence-corrected chi connectivity index (χ2v) is 4.29. The Kier molecular flexibility index (Phi) is 4.11. The standard InChI is InChI=1S/C14H9F6N/c15-11-6-13(17)12(16)5-8(11)7-21-10-3-1-9(2-4-10)14(18,19)20/h1-6,21H,7H2. The van der Waals surface area contributed by atoms with Gasteiger partial charge in [-0.3, -0.25) is 0 Å². The van der Waals surface area contributed by atoms with Crippen molar-refractivity contribution in [3.8, 4) is 0 Å². The molecule has 1 N–H and O–H groups in total. The fourth-order valence-electron chi connectivity index (χ4n) is 1.67. The second kappa shape index (κ2) is 5.67. The van der Waals surface area contributed by atoms with Crippen LogP contribution in [0.3, 0.4) is 0 Å². The van der Waals surface area contributed by atoms with Gasteiger partial charge in [0.1, 0.15) is 5.82 Å². The van der Waals surface area contributed by atoms with Crippen molar-refractivity contribution in [3.05, 3.63) is 65.0 Å². The van der Waals surface area contributed by atoms with E-state index in [1.54, 1.807) is 0 Å². The number of alkyl halides is 3. The molecule has 2 aromatic rings. The van der Waals surface area contributed by atoms with Crippen molar-refractivity contribution in [2.75, 3.05) is 5.32 Å². The smallest absolute Gasteiger partial charge is 0.381 e. The summed E-state index contributed by atoms with van der Waals surface area (Å²) < 4.78 is 76.1. The molecule has 0 aliphatic rings. The third kappa shape index (κ3) is 3.68. The van der Waals surface area contributed by atoms with E-state index in [2.05, 4.69) is 5.32 Å². The normalized spacial score (nSPS) is 11.5. The summed E-state index contributed by atoms with van der Waals surface area (Å²) in [5, 5.41) is 2.63. The summed E-state index contributed by atoms with van der Waals surface area (Å²) in [6.07, 6.45) is -4.44. The lowest BCUT2D eigenvalue weighted by molar-refractivity contribution is -0.137. The Morgan fingerprint density at radius 3 is 1.95 bits per heavy atom. The molecule has 21 heavy (non-hydrogen) atoms. The van der Waals surface area contributed by atoms with Gasteiger partial charge < -0.3 is 5.32 Å². The topological polar surface area (TPSA) is 12.0 Å². The first-order valence-electron chi connectivity index (χ1n) is 5.82. The maximum atomic E-state index is 13.4. The van der Waals surface area contributed by atoms with Crippen molar-refractivity contribution in [1.29, 1.82) is 0 Å². The van der Waals surface area contributed by atoms with Crippen LogP contribution in [0.2, 0.25) is 0 Å². The lowest BCUT2D eigenvalue weighted by Gasteiger charge is -2.10. The number of halogens is 6. The van der Waals surface area contributed by atoms with Gasteiger partial charge in [-0.05, 0) is 30.3 Å². The predicted octanol–water partition coefficient (Wildman–Crippen LogP) is 4.73. The van der Waals surface area contributed by atoms with Gasteiger partial charge in [0.2, 0.25) is 0 Å². The molecule has 0 fully saturated rings. The summed E-state index contributed by atoms with van der Waals surface area (Å²) in [6, 6.07) is 5.18. The number of hydrogen-bond acceptors (Lipinski definition) is 1. The third-order valence-electron chi connectivity index (χ3n) is 2.78. The average molecular weight is 305 g/mol. The minimum Gasteiger partial charge on any atom is -0.381 e. The van der Waals surface area contributed by atoms with Crippen molar-refractivity contribution in [3.63, 3.8) is 0 Å². The zero-order valence-electron chi connectivity index (χ0n) is 10.4. The van der Waals surface area contributed by atoms with E-state index >= 15 is 0 Å². The lowest BCUT2D eigenvalue weighted by atomic mass is 10.1. The molecule has 2 aromatic carbocycles. The average Bonchev–Trinajstić information content (AvgIpc) is 2.41. The third-order valence-corrected chi connectivity index (χ3v) is 2.78. The summed E-state index contributed by atoms with van der Waals surface area (Å²) >= 11 is 0. The molecule has 0 spiro atoms. The highest BCUT2D eigenvalue weighted by atomic mass is 19.4. The van der Waals surface area contributed by atoms with E-state index in [1.165, 1.54) is 12.1 Å². The van der Waals surface area contributed by atoms with E-state index in [1.807, 2.05) is 0 Å². The zero-order valence-corrected chi connectivity index (χ0v) is 10.4. The first-order chi connectivity index (χ1) is 9.77. The first kappa shape index (κ1) is 15.2. The molecule has 0 heterocycles. The Labute approximate surface area is 116 Å². The summed E-state index contributed by atoms with van der Waals surface area (Å²) in [4.78, 5) is 0. The Hall–Kier alpha value is -2.18. The van der Waals surface area contributed by atoms with Crippen LogP contribution in [-0.4, -0.2) is 0 Å². The van der Waals surface area contributed by atoms with Crippen molar-refractivity contribution in [2.45, 2.75) is 12.7 Å². The number of nitrogens with one attached hydrogen (secondary N) is 1. The quantitative estimate of drug-likeness (QED) is 0.638. The van der Waals surface area contributed by atoms with Crippen LogP contribution >= 0.6 is 0 Å². The van der Waals surface area contributed by atoms with Gasteiger partial charge in [-0.1, -0.05) is 0 Å². The van der Waals surface area contributed by atoms with Crippen LogP contribution in [0, 0.1) is 17.5 Å². The lowest BCUT2D eigenvalue weighted by Crippen LogP contribution is -2.06. The van der Waals surface area contributed by atoms with Gasteiger partial charge in [-0.15, -0.1) is 0 Å². The minimum absolute atomic E-state index is 0.131. The minimum atomic E-state index is -4.44. The van der Waals surface area contributed by atoms with Crippen LogP contribution in [0.4, 0.5) is 32.0 Å². The van der Waals surface area contributed by atoms with Crippen LogP contribution in [0.5, 0.6) is 0 Å². The van der Waals surface area contributed by atoms with Crippen LogP contribution in [0.25, 0.3) is 0 Å². The zero-order chi connectivity index (χ0) is 15.6. The summed E-state index contributed by atoms with van der Waals surface area (Å²) in [7, 11) is 0. The molecule has 0 saturated carbocycles. The van der Waals surface area contributed by atoms with Crippen LogP contribution < -0.4 is 5.32 Å². The predicted molar refractivity (Wildman–Crippen MR) is 65.1 cm³/mol. The van der Waals surface area contributed by atoms with Crippen LogP contribution in [0.15, 0.2) is 36.4 Å². The molecular formula is C14H9F6N. The fourth-order valence-corrected chi connectivity index (χ4v) is 1.67. The monoisotopic (exact) mass is 305 g/mol. The number of anilines is 1. The largest absolute Gasteiger partial charge is 0.416 e. The number of hydrogen-bond donors (Lipinski definition) is 1. The van der Waals surface area contributed by atoms with E-state index in [0.717, 1.165) is 12.1 Å². The van der Waals surface area contributed by atoms with Crippen molar-refractivity contribution >= 4 is 5.69 Å². The Bertz CT molecular complexity index is 633. The SMILES string of the molecule is Fc1cc(F)c(CNc2ccc(C(F)(F)F)cc2)cc1F. The molecular weight excluding hydrogens is 296 g/mol. The Balaban J connectivity index is 2.08. The maximum Gasteiger partial charge on any atom is 0.416 e. The summed E-state index contributed by atoms with van der Waals surface area (Å²) in [6.45, 7) is -0.186. The molecule has 0 radical (unpaired) electrons. The van der Waals surface area contributed by atoms with Crippen LogP contribution in [0.1, 0.15) is 11.1 Å². The molecule has 0 amide bonds. The molecule has 0 saturated heterocycles. The molecule has 0 atom stereocenters. The maximum absolute atomic E-state index is 13.4. The van der Waals surface area contributed by atoms with Crippen molar-refractivity contribution in [1.82, 2.24) is 0 Å².